The molecule has 0 aromatic heterocycles. The molecule has 0 unspecified atom stereocenters. The van der Waals surface area contributed by atoms with Crippen molar-refractivity contribution < 1.29 is 17.5 Å². The van der Waals surface area contributed by atoms with Gasteiger partial charge in [0.25, 0.3) is 0 Å². The second-order valence-corrected chi connectivity index (χ2v) is 16.2. The Morgan fingerprint density at radius 3 is 1.87 bits per heavy atom. The SMILES string of the molecule is CCN(CC)c1ccc(N=C2C=CC(=[N+](CC)CC)C=C2)c(SS(=O)(=O)[O-])c1.CCN(CC)c1ccc2nc3ccc(=[N+](CC)CC)cc-3sc2c1. The predicted molar refractivity (Wildman–Crippen MR) is 223 cm³/mol. The zero-order chi connectivity index (χ0) is 37.8. The minimum absolute atomic E-state index is 0.302. The van der Waals surface area contributed by atoms with Crippen molar-refractivity contribution in [1.82, 2.24) is 9.56 Å². The molecule has 0 saturated carbocycles. The average molecular weight is 762 g/mol. The third-order valence-corrected chi connectivity index (χ3v) is 12.1. The summed E-state index contributed by atoms with van der Waals surface area (Å²) in [6, 6.07) is 18.6. The highest BCUT2D eigenvalue weighted by molar-refractivity contribution is 8.69. The van der Waals surface area contributed by atoms with E-state index in [1.807, 2.05) is 55.6 Å². The molecule has 0 atom stereocenters. The summed E-state index contributed by atoms with van der Waals surface area (Å²) in [4.78, 5) is 15.5. The predicted octanol–water partition coefficient (Wildman–Crippen LogP) is 7.84. The number of aliphatic imine (C=N–C) groups is 1. The number of nitrogens with zero attached hydrogens (tertiary/aromatic N) is 6. The van der Waals surface area contributed by atoms with Crippen LogP contribution >= 0.6 is 22.1 Å². The Hall–Kier alpha value is -3.84. The van der Waals surface area contributed by atoms with Crippen molar-refractivity contribution in [3.63, 3.8) is 0 Å². The van der Waals surface area contributed by atoms with Crippen molar-refractivity contribution in [2.24, 2.45) is 4.99 Å². The first kappa shape index (κ1) is 40.9. The van der Waals surface area contributed by atoms with E-state index >= 15 is 0 Å². The van der Waals surface area contributed by atoms with Gasteiger partial charge in [0.1, 0.15) is 26.2 Å². The van der Waals surface area contributed by atoms with Gasteiger partial charge in [-0.05, 0) is 121 Å². The van der Waals surface area contributed by atoms with Gasteiger partial charge in [-0.15, -0.1) is 11.3 Å². The molecule has 0 fully saturated rings. The van der Waals surface area contributed by atoms with Crippen LogP contribution in [-0.2, 0) is 9.15 Å². The lowest BCUT2D eigenvalue weighted by molar-refractivity contribution is -0.519. The Labute approximate surface area is 318 Å². The van der Waals surface area contributed by atoms with Crippen LogP contribution in [0.4, 0.5) is 17.1 Å². The van der Waals surface area contributed by atoms with Gasteiger partial charge in [0, 0.05) is 66.7 Å². The van der Waals surface area contributed by atoms with Gasteiger partial charge in [-0.1, -0.05) is 0 Å². The molecule has 0 saturated heterocycles. The summed E-state index contributed by atoms with van der Waals surface area (Å²) in [5.74, 6) is 0. The first-order valence-electron chi connectivity index (χ1n) is 18.3. The van der Waals surface area contributed by atoms with E-state index < -0.39 is 9.15 Å². The number of allylic oxidation sites excluding steroid dienone is 4. The summed E-state index contributed by atoms with van der Waals surface area (Å²) in [5, 5.41) is 1.28. The van der Waals surface area contributed by atoms with Crippen molar-refractivity contribution in [3.8, 4) is 10.6 Å². The highest BCUT2D eigenvalue weighted by Crippen LogP contribution is 2.36. The molecule has 0 bridgehead atoms. The minimum Gasteiger partial charge on any atom is -0.739 e. The van der Waals surface area contributed by atoms with E-state index in [2.05, 4.69) is 102 Å². The molecule has 1 aliphatic heterocycles. The third-order valence-electron chi connectivity index (χ3n) is 9.10. The van der Waals surface area contributed by atoms with Gasteiger partial charge in [0.2, 0.25) is 5.36 Å². The van der Waals surface area contributed by atoms with Crippen molar-refractivity contribution in [2.45, 2.75) is 60.3 Å². The number of anilines is 2. The van der Waals surface area contributed by atoms with Crippen LogP contribution in [0.2, 0.25) is 0 Å². The number of hydrogen-bond acceptors (Lipinski definition) is 9. The summed E-state index contributed by atoms with van der Waals surface area (Å²) in [5.41, 5.74) is 6.60. The first-order chi connectivity index (χ1) is 25.0. The van der Waals surface area contributed by atoms with Crippen LogP contribution in [-0.4, -0.2) is 86.3 Å². The molecule has 1 heterocycles. The fourth-order valence-electron chi connectivity index (χ4n) is 6.20. The summed E-state index contributed by atoms with van der Waals surface area (Å²) in [7, 11) is -4.19. The Morgan fingerprint density at radius 2 is 1.31 bits per heavy atom. The summed E-state index contributed by atoms with van der Waals surface area (Å²) >= 11 is 1.84. The van der Waals surface area contributed by atoms with E-state index in [0.717, 1.165) is 75.0 Å². The van der Waals surface area contributed by atoms with E-state index in [9.17, 15) is 13.0 Å². The fourth-order valence-corrected chi connectivity index (χ4v) is 8.88. The number of fused-ring (bicyclic) bond motifs is 2. The van der Waals surface area contributed by atoms with Crippen LogP contribution in [0.3, 0.4) is 0 Å². The molecule has 0 amide bonds. The molecule has 2 aliphatic carbocycles. The maximum atomic E-state index is 11.4. The number of hydrogen-bond donors (Lipinski definition) is 0. The molecule has 0 radical (unpaired) electrons. The van der Waals surface area contributed by atoms with E-state index in [1.54, 1.807) is 12.1 Å². The molecule has 52 heavy (non-hydrogen) atoms. The van der Waals surface area contributed by atoms with Crippen molar-refractivity contribution >= 4 is 70.0 Å². The zero-order valence-corrected chi connectivity index (χ0v) is 34.2. The lowest BCUT2D eigenvalue weighted by Gasteiger charge is -2.22. The minimum atomic E-state index is -4.49. The molecule has 12 heteroatoms. The highest BCUT2D eigenvalue weighted by Gasteiger charge is 2.14. The molecule has 9 nitrogen and oxygen atoms in total. The Kier molecular flexibility index (Phi) is 15.2. The maximum Gasteiger partial charge on any atom is 0.201 e. The molecule has 2 aromatic carbocycles. The molecule has 0 spiro atoms. The number of benzene rings is 3. The fraction of sp³-hybridized carbons (Fsp3) is 0.400. The largest absolute Gasteiger partial charge is 0.739 e. The molecular weight excluding hydrogens is 709 g/mol. The molecule has 2 aromatic rings. The van der Waals surface area contributed by atoms with Crippen LogP contribution in [0.1, 0.15) is 55.4 Å². The number of rotatable bonds is 13. The summed E-state index contributed by atoms with van der Waals surface area (Å²) in [6.07, 6.45) is 7.78. The standard InChI is InChI=1S/C20H27N3O3S2.C20H26N3S/c1-5-22(6-2)17-11-9-16(10-12-17)21-19-14-13-18(23(7-3)8-4)15-20(19)27-28(24,25)26;1-5-22(6-2)15-9-11-17-19(13-15)24-20-14-16(23(7-3)8-4)10-12-18(20)21-17/h9-15H,5-8H2,1-4H3;9-14H,5-8H2,1-4H3/q;+1. The molecule has 3 aliphatic rings. The zero-order valence-electron chi connectivity index (χ0n) is 31.8. The van der Waals surface area contributed by atoms with Gasteiger partial charge >= 0.3 is 0 Å². The van der Waals surface area contributed by atoms with Gasteiger partial charge in [0.15, 0.2) is 14.9 Å². The van der Waals surface area contributed by atoms with Gasteiger partial charge in [-0.2, -0.15) is 0 Å². The van der Waals surface area contributed by atoms with Gasteiger partial charge in [-0.25, -0.2) is 27.5 Å². The molecule has 278 valence electrons. The monoisotopic (exact) mass is 761 g/mol. The highest BCUT2D eigenvalue weighted by atomic mass is 33.1. The Bertz CT molecular complexity index is 2080. The maximum absolute atomic E-state index is 11.4. The summed E-state index contributed by atoms with van der Waals surface area (Å²) < 4.78 is 39.9. The average Bonchev–Trinajstić information content (AvgIpc) is 3.14. The second kappa shape index (κ2) is 19.3. The lowest BCUT2D eigenvalue weighted by Crippen LogP contribution is -2.29. The quantitative estimate of drug-likeness (QED) is 0.0451. The van der Waals surface area contributed by atoms with Crippen molar-refractivity contribution in [1.29, 1.82) is 0 Å². The normalized spacial score (nSPS) is 12.6. The van der Waals surface area contributed by atoms with E-state index in [0.29, 0.717) is 27.1 Å². The van der Waals surface area contributed by atoms with E-state index in [-0.39, 0.29) is 0 Å². The van der Waals surface area contributed by atoms with Crippen molar-refractivity contribution in [2.75, 3.05) is 62.2 Å². The number of aromatic nitrogens is 1. The smallest absolute Gasteiger partial charge is 0.201 e. The van der Waals surface area contributed by atoms with Crippen LogP contribution in [0, 0.1) is 0 Å². The second-order valence-electron chi connectivity index (χ2n) is 12.0. The van der Waals surface area contributed by atoms with Crippen LogP contribution < -0.4 is 19.7 Å². The van der Waals surface area contributed by atoms with Crippen LogP contribution in [0.25, 0.3) is 20.8 Å². The molecule has 0 N–H and O–H groups in total. The van der Waals surface area contributed by atoms with E-state index in [1.165, 1.54) is 20.6 Å². The molecular formula is C40H53N6O3S3+. The Morgan fingerprint density at radius 1 is 0.731 bits per heavy atom. The third kappa shape index (κ3) is 10.6. The van der Waals surface area contributed by atoms with Gasteiger partial charge in [0.05, 0.1) is 32.2 Å². The first-order valence-corrected chi connectivity index (χ1v) is 21.8. The topological polar surface area (TPSA) is 95.0 Å². The van der Waals surface area contributed by atoms with Crippen LogP contribution in [0.5, 0.6) is 0 Å². The van der Waals surface area contributed by atoms with Crippen LogP contribution in [0.15, 0.2) is 88.8 Å². The summed E-state index contributed by atoms with van der Waals surface area (Å²) in [6.45, 7) is 24.6. The van der Waals surface area contributed by atoms with Crippen molar-refractivity contribution in [3.05, 3.63) is 84.3 Å². The lowest BCUT2D eigenvalue weighted by atomic mass is 10.1. The van der Waals surface area contributed by atoms with Gasteiger partial charge in [-0.3, -0.25) is 0 Å². The van der Waals surface area contributed by atoms with Gasteiger partial charge < -0.3 is 14.4 Å². The molecule has 5 rings (SSSR count). The Balaban J connectivity index is 0.000000235. The van der Waals surface area contributed by atoms with E-state index in [4.69, 9.17) is 4.98 Å².